The van der Waals surface area contributed by atoms with Crippen molar-refractivity contribution in [2.45, 2.75) is 46.3 Å². The van der Waals surface area contributed by atoms with E-state index in [9.17, 15) is 4.79 Å². The first-order valence-corrected chi connectivity index (χ1v) is 8.25. The molecule has 1 aromatic carbocycles. The van der Waals surface area contributed by atoms with Gasteiger partial charge >= 0.3 is 6.09 Å². The van der Waals surface area contributed by atoms with Crippen molar-refractivity contribution in [2.24, 2.45) is 23.3 Å². The molecule has 0 fully saturated rings. The molecule has 2 atom stereocenters. The lowest BCUT2D eigenvalue weighted by Gasteiger charge is -2.23. The number of primary amides is 1. The van der Waals surface area contributed by atoms with Crippen LogP contribution in [0.25, 0.3) is 0 Å². The largest absolute Gasteiger partial charge is 0.445 e. The minimum absolute atomic E-state index is 0.117. The monoisotopic (exact) mass is 337 g/mol. The van der Waals surface area contributed by atoms with Crippen molar-refractivity contribution in [3.8, 4) is 0 Å². The molecule has 1 aromatic rings. The maximum atomic E-state index is 11.9. The summed E-state index contributed by atoms with van der Waals surface area (Å²) in [6.07, 6.45) is 1.72. The predicted molar refractivity (Wildman–Crippen MR) is 96.1 cm³/mol. The van der Waals surface area contributed by atoms with E-state index in [1.165, 1.54) is 0 Å². The highest BCUT2D eigenvalue weighted by atomic mass is 16.5. The van der Waals surface area contributed by atoms with Gasteiger partial charge in [0.1, 0.15) is 6.61 Å². The SMILES string of the molecule is CC(C)CC(CC(C)CN)NC(=O)OCc1ccccc1.NC=O. The van der Waals surface area contributed by atoms with Gasteiger partial charge in [-0.2, -0.15) is 0 Å². The first kappa shape index (κ1) is 21.9. The Morgan fingerprint density at radius 3 is 2.29 bits per heavy atom. The van der Waals surface area contributed by atoms with Crippen LogP contribution < -0.4 is 16.8 Å². The molecule has 0 aromatic heterocycles. The Kier molecular flexibility index (Phi) is 12.2. The zero-order chi connectivity index (χ0) is 18.4. The standard InChI is InChI=1S/C17H28N2O2.CH3NO/c1-13(2)9-16(10-14(3)11-18)19-17(20)21-12-15-7-5-4-6-8-15;2-1-3/h4-8,13-14,16H,9-12,18H2,1-3H3,(H,19,20);1H,(H2,2,3). The van der Waals surface area contributed by atoms with Crippen LogP contribution in [0.1, 0.15) is 39.2 Å². The van der Waals surface area contributed by atoms with Crippen LogP contribution in [-0.2, 0) is 16.1 Å². The first-order valence-electron chi connectivity index (χ1n) is 8.25. The fraction of sp³-hybridized carbons (Fsp3) is 0.556. The lowest BCUT2D eigenvalue weighted by molar-refractivity contribution is -0.106. The van der Waals surface area contributed by atoms with Crippen LogP contribution in [0.2, 0.25) is 0 Å². The Morgan fingerprint density at radius 1 is 1.21 bits per heavy atom. The minimum atomic E-state index is -0.353. The molecule has 0 aliphatic carbocycles. The number of carbonyl (C=O) groups is 2. The summed E-state index contributed by atoms with van der Waals surface area (Å²) in [7, 11) is 0. The van der Waals surface area contributed by atoms with Crippen molar-refractivity contribution in [1.82, 2.24) is 5.32 Å². The number of nitrogens with two attached hydrogens (primary N) is 2. The van der Waals surface area contributed by atoms with E-state index in [0.29, 0.717) is 25.0 Å². The van der Waals surface area contributed by atoms with Crippen LogP contribution in [-0.4, -0.2) is 25.1 Å². The van der Waals surface area contributed by atoms with Crippen molar-refractivity contribution in [1.29, 1.82) is 0 Å². The van der Waals surface area contributed by atoms with E-state index in [-0.39, 0.29) is 18.5 Å². The Hall–Kier alpha value is -2.08. The molecule has 0 heterocycles. The summed E-state index contributed by atoms with van der Waals surface area (Å²) in [5, 5.41) is 2.97. The summed E-state index contributed by atoms with van der Waals surface area (Å²) in [5.74, 6) is 0.914. The average molecular weight is 337 g/mol. The van der Waals surface area contributed by atoms with Gasteiger partial charge in [0, 0.05) is 6.04 Å². The van der Waals surface area contributed by atoms with Gasteiger partial charge in [0.2, 0.25) is 6.41 Å². The molecule has 0 bridgehead atoms. The highest BCUT2D eigenvalue weighted by Crippen LogP contribution is 2.13. The molecule has 6 nitrogen and oxygen atoms in total. The highest BCUT2D eigenvalue weighted by molar-refractivity contribution is 5.67. The maximum Gasteiger partial charge on any atom is 0.407 e. The third kappa shape index (κ3) is 11.5. The van der Waals surface area contributed by atoms with Crippen molar-refractivity contribution >= 4 is 12.5 Å². The lowest BCUT2D eigenvalue weighted by Crippen LogP contribution is -2.38. The quantitative estimate of drug-likeness (QED) is 0.633. The van der Waals surface area contributed by atoms with E-state index in [1.807, 2.05) is 30.3 Å². The molecule has 0 aliphatic heterocycles. The van der Waals surface area contributed by atoms with Crippen LogP contribution >= 0.6 is 0 Å². The molecule has 136 valence electrons. The molecule has 0 spiro atoms. The number of benzene rings is 1. The predicted octanol–water partition coefficient (Wildman–Crippen LogP) is 2.41. The van der Waals surface area contributed by atoms with E-state index >= 15 is 0 Å². The van der Waals surface area contributed by atoms with Gasteiger partial charge in [-0.25, -0.2) is 4.79 Å². The first-order chi connectivity index (χ1) is 11.4. The smallest absolute Gasteiger partial charge is 0.407 e. The number of alkyl carbamates (subject to hydrolysis) is 1. The Labute approximate surface area is 144 Å². The van der Waals surface area contributed by atoms with Crippen molar-refractivity contribution in [3.63, 3.8) is 0 Å². The Bertz CT molecular complexity index is 452. The molecule has 5 N–H and O–H groups in total. The topological polar surface area (TPSA) is 107 Å². The summed E-state index contributed by atoms with van der Waals surface area (Å²) in [6, 6.07) is 9.80. The average Bonchev–Trinajstić information content (AvgIpc) is 2.54. The van der Waals surface area contributed by atoms with Gasteiger partial charge in [0.15, 0.2) is 0 Å². The Morgan fingerprint density at radius 2 is 1.79 bits per heavy atom. The van der Waals surface area contributed by atoms with Crippen molar-refractivity contribution in [3.05, 3.63) is 35.9 Å². The molecule has 2 unspecified atom stereocenters. The number of ether oxygens (including phenoxy) is 1. The molecule has 0 radical (unpaired) electrons. The van der Waals surface area contributed by atoms with E-state index in [4.69, 9.17) is 15.3 Å². The van der Waals surface area contributed by atoms with Crippen molar-refractivity contribution < 1.29 is 14.3 Å². The van der Waals surface area contributed by atoms with E-state index < -0.39 is 0 Å². The van der Waals surface area contributed by atoms with Gasteiger partial charge < -0.3 is 21.5 Å². The van der Waals surface area contributed by atoms with E-state index in [2.05, 4.69) is 31.8 Å². The molecular formula is C18H31N3O3. The second-order valence-electron chi connectivity index (χ2n) is 6.25. The molecule has 6 heteroatoms. The second-order valence-corrected chi connectivity index (χ2v) is 6.25. The summed E-state index contributed by atoms with van der Waals surface area (Å²) in [6.45, 7) is 7.33. The van der Waals surface area contributed by atoms with Gasteiger partial charge in [-0.3, -0.25) is 4.79 Å². The fourth-order valence-corrected chi connectivity index (χ4v) is 2.30. The molecule has 0 aliphatic rings. The van der Waals surface area contributed by atoms with Gasteiger partial charge in [0.05, 0.1) is 0 Å². The third-order valence-corrected chi connectivity index (χ3v) is 3.38. The fourth-order valence-electron chi connectivity index (χ4n) is 2.30. The molecular weight excluding hydrogens is 306 g/mol. The number of rotatable bonds is 8. The molecule has 2 amide bonds. The Balaban J connectivity index is 0.00000163. The van der Waals surface area contributed by atoms with Gasteiger partial charge in [0.25, 0.3) is 0 Å². The minimum Gasteiger partial charge on any atom is -0.445 e. The van der Waals surface area contributed by atoms with Crippen LogP contribution in [0.3, 0.4) is 0 Å². The molecule has 24 heavy (non-hydrogen) atoms. The maximum absolute atomic E-state index is 11.9. The zero-order valence-electron chi connectivity index (χ0n) is 14.9. The summed E-state index contributed by atoms with van der Waals surface area (Å²) in [5.41, 5.74) is 10.8. The zero-order valence-corrected chi connectivity index (χ0v) is 14.9. The van der Waals surface area contributed by atoms with Crippen LogP contribution in [0.15, 0.2) is 30.3 Å². The molecule has 0 saturated heterocycles. The number of nitrogens with one attached hydrogen (secondary N) is 1. The second kappa shape index (κ2) is 13.4. The van der Waals surface area contributed by atoms with Crippen LogP contribution in [0, 0.1) is 11.8 Å². The summed E-state index contributed by atoms with van der Waals surface area (Å²) >= 11 is 0. The highest BCUT2D eigenvalue weighted by Gasteiger charge is 2.17. The van der Waals surface area contributed by atoms with Crippen LogP contribution in [0.4, 0.5) is 4.79 Å². The molecule has 1 rings (SSSR count). The van der Waals surface area contributed by atoms with Gasteiger partial charge in [-0.1, -0.05) is 51.1 Å². The summed E-state index contributed by atoms with van der Waals surface area (Å²) in [4.78, 5) is 20.5. The van der Waals surface area contributed by atoms with Gasteiger partial charge in [-0.05, 0) is 36.8 Å². The number of amides is 2. The van der Waals surface area contributed by atoms with Crippen molar-refractivity contribution in [2.75, 3.05) is 6.54 Å². The third-order valence-electron chi connectivity index (χ3n) is 3.38. The number of hydrogen-bond donors (Lipinski definition) is 3. The van der Waals surface area contributed by atoms with Gasteiger partial charge in [-0.15, -0.1) is 0 Å². The summed E-state index contributed by atoms with van der Waals surface area (Å²) < 4.78 is 5.27. The van der Waals surface area contributed by atoms with Crippen LogP contribution in [0.5, 0.6) is 0 Å². The lowest BCUT2D eigenvalue weighted by atomic mass is 9.95. The molecule has 0 saturated carbocycles. The number of carbonyl (C=O) groups excluding carboxylic acids is 2. The normalized spacial score (nSPS) is 12.5. The van der Waals surface area contributed by atoms with E-state index in [1.54, 1.807) is 0 Å². The number of hydrogen-bond acceptors (Lipinski definition) is 4. The van der Waals surface area contributed by atoms with E-state index in [0.717, 1.165) is 18.4 Å².